The van der Waals surface area contributed by atoms with Crippen molar-refractivity contribution in [3.63, 3.8) is 0 Å². The Morgan fingerprint density at radius 1 is 1.23 bits per heavy atom. The molecule has 0 bridgehead atoms. The lowest BCUT2D eigenvalue weighted by atomic mass is 9.88. The molecule has 0 fully saturated rings. The third-order valence-corrected chi connectivity index (χ3v) is 3.37. The highest BCUT2D eigenvalue weighted by Crippen LogP contribution is 2.25. The molecule has 2 aromatic rings. The zero-order valence-corrected chi connectivity index (χ0v) is 13.3. The Hall–Kier alpha value is -2.07. The molecule has 0 saturated heterocycles. The summed E-state index contributed by atoms with van der Waals surface area (Å²) in [7, 11) is 0. The third kappa shape index (κ3) is 4.21. The highest BCUT2D eigenvalue weighted by atomic mass is 16.3. The van der Waals surface area contributed by atoms with Gasteiger partial charge in [0, 0.05) is 5.56 Å². The molecule has 0 saturated carbocycles. The van der Waals surface area contributed by atoms with Crippen molar-refractivity contribution < 1.29 is 14.3 Å². The number of furan rings is 1. The summed E-state index contributed by atoms with van der Waals surface area (Å²) in [6.07, 6.45) is 2.20. The van der Waals surface area contributed by atoms with Crippen LogP contribution >= 0.6 is 0 Å². The minimum atomic E-state index is -0.299. The maximum absolute atomic E-state index is 12.4. The normalized spacial score (nSPS) is 12.9. The molecule has 4 nitrogen and oxygen atoms in total. The van der Waals surface area contributed by atoms with Gasteiger partial charge in [-0.3, -0.25) is 4.79 Å². The Morgan fingerprint density at radius 2 is 1.91 bits per heavy atom. The molecule has 0 aliphatic carbocycles. The van der Waals surface area contributed by atoms with Gasteiger partial charge in [0.15, 0.2) is 5.76 Å². The number of aliphatic hydroxyl groups is 1. The topological polar surface area (TPSA) is 62.5 Å². The molecule has 2 rings (SSSR count). The van der Waals surface area contributed by atoms with Gasteiger partial charge >= 0.3 is 0 Å². The lowest BCUT2D eigenvalue weighted by molar-refractivity contribution is 0.0870. The van der Waals surface area contributed by atoms with Crippen molar-refractivity contribution in [1.82, 2.24) is 5.32 Å². The van der Waals surface area contributed by atoms with Crippen LogP contribution in [0.3, 0.4) is 0 Å². The first kappa shape index (κ1) is 16.3. The first-order valence-electron chi connectivity index (χ1n) is 7.45. The minimum Gasteiger partial charge on any atom is -0.459 e. The molecule has 0 aliphatic rings. The van der Waals surface area contributed by atoms with E-state index in [0.717, 1.165) is 11.1 Å². The summed E-state index contributed by atoms with van der Waals surface area (Å²) in [6, 6.07) is 11.1. The average molecular weight is 301 g/mol. The van der Waals surface area contributed by atoms with Gasteiger partial charge in [0.1, 0.15) is 0 Å². The molecule has 1 heterocycles. The molecule has 22 heavy (non-hydrogen) atoms. The predicted molar refractivity (Wildman–Crippen MR) is 86.6 cm³/mol. The number of nitrogens with one attached hydrogen (secondary N) is 1. The van der Waals surface area contributed by atoms with Crippen molar-refractivity contribution in [2.45, 2.75) is 33.2 Å². The molecule has 0 aliphatic heterocycles. The van der Waals surface area contributed by atoms with Gasteiger partial charge in [0.2, 0.25) is 0 Å². The SMILES string of the molecule is CC(C)(C)CC(CO)NC(=O)c1occc1-c1ccccc1. The van der Waals surface area contributed by atoms with Crippen molar-refractivity contribution in [2.75, 3.05) is 6.61 Å². The molecule has 1 amide bonds. The van der Waals surface area contributed by atoms with Gasteiger partial charge < -0.3 is 14.8 Å². The first-order chi connectivity index (χ1) is 10.4. The quantitative estimate of drug-likeness (QED) is 0.889. The number of aliphatic hydroxyl groups excluding tert-OH is 1. The van der Waals surface area contributed by atoms with Crippen LogP contribution in [0.5, 0.6) is 0 Å². The molecule has 1 unspecified atom stereocenters. The molecule has 1 aromatic heterocycles. The second-order valence-corrected chi connectivity index (χ2v) is 6.65. The largest absolute Gasteiger partial charge is 0.459 e. The zero-order chi connectivity index (χ0) is 16.2. The Morgan fingerprint density at radius 3 is 2.50 bits per heavy atom. The standard InChI is InChI=1S/C18H23NO3/c1-18(2,3)11-14(12-20)19-17(21)16-15(9-10-22-16)13-7-5-4-6-8-13/h4-10,14,20H,11-12H2,1-3H3,(H,19,21). The molecule has 0 radical (unpaired) electrons. The number of carbonyl (C=O) groups excluding carboxylic acids is 1. The summed E-state index contributed by atoms with van der Waals surface area (Å²) in [5, 5.41) is 12.3. The Labute approximate surface area is 131 Å². The van der Waals surface area contributed by atoms with E-state index in [1.54, 1.807) is 6.07 Å². The Kier molecular flexibility index (Phi) is 5.03. The van der Waals surface area contributed by atoms with Gasteiger partial charge in [-0.25, -0.2) is 0 Å². The van der Waals surface area contributed by atoms with E-state index in [4.69, 9.17) is 4.42 Å². The maximum atomic E-state index is 12.4. The lowest BCUT2D eigenvalue weighted by Crippen LogP contribution is -2.40. The minimum absolute atomic E-state index is 0.0199. The van der Waals surface area contributed by atoms with Crippen molar-refractivity contribution in [2.24, 2.45) is 5.41 Å². The van der Waals surface area contributed by atoms with Crippen molar-refractivity contribution in [3.8, 4) is 11.1 Å². The zero-order valence-electron chi connectivity index (χ0n) is 13.3. The monoisotopic (exact) mass is 301 g/mol. The second-order valence-electron chi connectivity index (χ2n) is 6.65. The van der Waals surface area contributed by atoms with Crippen LogP contribution in [0.4, 0.5) is 0 Å². The average Bonchev–Trinajstić information content (AvgIpc) is 2.95. The van der Waals surface area contributed by atoms with Crippen LogP contribution in [-0.2, 0) is 0 Å². The van der Waals surface area contributed by atoms with Gasteiger partial charge in [-0.15, -0.1) is 0 Å². The molecule has 1 atom stereocenters. The van der Waals surface area contributed by atoms with Gasteiger partial charge in [0.05, 0.1) is 18.9 Å². The highest BCUT2D eigenvalue weighted by molar-refractivity contribution is 5.98. The fraction of sp³-hybridized carbons (Fsp3) is 0.389. The van der Waals surface area contributed by atoms with Crippen LogP contribution in [0.25, 0.3) is 11.1 Å². The third-order valence-electron chi connectivity index (χ3n) is 3.37. The number of rotatable bonds is 5. The van der Waals surface area contributed by atoms with Crippen molar-refractivity contribution in [1.29, 1.82) is 0 Å². The van der Waals surface area contributed by atoms with Gasteiger partial charge in [0.25, 0.3) is 5.91 Å². The first-order valence-corrected chi connectivity index (χ1v) is 7.45. The van der Waals surface area contributed by atoms with Gasteiger partial charge in [-0.05, 0) is 23.5 Å². The fourth-order valence-corrected chi connectivity index (χ4v) is 2.48. The molecular formula is C18H23NO3. The van der Waals surface area contributed by atoms with E-state index >= 15 is 0 Å². The van der Waals surface area contributed by atoms with E-state index in [0.29, 0.717) is 6.42 Å². The van der Waals surface area contributed by atoms with E-state index in [2.05, 4.69) is 26.1 Å². The molecule has 118 valence electrons. The van der Waals surface area contributed by atoms with E-state index in [-0.39, 0.29) is 29.7 Å². The van der Waals surface area contributed by atoms with Crippen LogP contribution < -0.4 is 5.32 Å². The molecule has 0 spiro atoms. The van der Waals surface area contributed by atoms with Crippen molar-refractivity contribution >= 4 is 5.91 Å². The number of hydrogen-bond acceptors (Lipinski definition) is 3. The van der Waals surface area contributed by atoms with Gasteiger partial charge in [-0.1, -0.05) is 51.1 Å². The molecular weight excluding hydrogens is 278 g/mol. The summed E-state index contributed by atoms with van der Waals surface area (Å²) in [4.78, 5) is 12.4. The van der Waals surface area contributed by atoms with E-state index in [1.165, 1.54) is 6.26 Å². The summed E-state index contributed by atoms with van der Waals surface area (Å²) in [5.74, 6) is -0.0225. The smallest absolute Gasteiger partial charge is 0.287 e. The lowest BCUT2D eigenvalue weighted by Gasteiger charge is -2.25. The van der Waals surface area contributed by atoms with E-state index in [9.17, 15) is 9.90 Å². The maximum Gasteiger partial charge on any atom is 0.287 e. The van der Waals surface area contributed by atoms with Crippen LogP contribution in [0.15, 0.2) is 47.1 Å². The fourth-order valence-electron chi connectivity index (χ4n) is 2.48. The predicted octanol–water partition coefficient (Wildman–Crippen LogP) is 3.47. The van der Waals surface area contributed by atoms with E-state index < -0.39 is 0 Å². The summed E-state index contributed by atoms with van der Waals surface area (Å²) in [5.41, 5.74) is 1.70. The van der Waals surface area contributed by atoms with Crippen LogP contribution in [-0.4, -0.2) is 23.7 Å². The Balaban J connectivity index is 2.16. The van der Waals surface area contributed by atoms with Crippen LogP contribution in [0.1, 0.15) is 37.7 Å². The summed E-state index contributed by atoms with van der Waals surface area (Å²) < 4.78 is 5.36. The summed E-state index contributed by atoms with van der Waals surface area (Å²) >= 11 is 0. The van der Waals surface area contributed by atoms with Gasteiger partial charge in [-0.2, -0.15) is 0 Å². The molecule has 1 aromatic carbocycles. The van der Waals surface area contributed by atoms with Crippen LogP contribution in [0.2, 0.25) is 0 Å². The second kappa shape index (κ2) is 6.79. The van der Waals surface area contributed by atoms with Crippen molar-refractivity contribution in [3.05, 3.63) is 48.4 Å². The molecule has 4 heteroatoms. The number of carbonyl (C=O) groups is 1. The number of amides is 1. The molecule has 2 N–H and O–H groups in total. The number of benzene rings is 1. The summed E-state index contributed by atoms with van der Waals surface area (Å²) in [6.45, 7) is 6.13. The highest BCUT2D eigenvalue weighted by Gasteiger charge is 2.23. The van der Waals surface area contributed by atoms with Crippen LogP contribution in [0, 0.1) is 5.41 Å². The number of hydrogen-bond donors (Lipinski definition) is 2. The Bertz CT molecular complexity index is 611. The van der Waals surface area contributed by atoms with E-state index in [1.807, 2.05) is 30.3 Å².